The van der Waals surface area contributed by atoms with Crippen molar-refractivity contribution in [3.63, 3.8) is 0 Å². The van der Waals surface area contributed by atoms with E-state index in [1.807, 2.05) is 0 Å². The number of rotatable bonds is 4. The Morgan fingerprint density at radius 2 is 2.29 bits per heavy atom. The molecule has 0 spiro atoms. The van der Waals surface area contributed by atoms with Crippen molar-refractivity contribution in [2.45, 2.75) is 6.54 Å². The van der Waals surface area contributed by atoms with E-state index < -0.39 is 0 Å². The Labute approximate surface area is 81.1 Å². The maximum absolute atomic E-state index is 11.2. The van der Waals surface area contributed by atoms with E-state index in [1.165, 1.54) is 16.8 Å². The first kappa shape index (κ1) is 10.5. The zero-order valence-electron chi connectivity index (χ0n) is 8.04. The van der Waals surface area contributed by atoms with Gasteiger partial charge in [-0.05, 0) is 12.6 Å². The highest BCUT2D eigenvalue weighted by Crippen LogP contribution is 1.88. The monoisotopic (exact) mass is 195 g/mol. The molecule has 0 unspecified atom stereocenters. The second kappa shape index (κ2) is 4.57. The molecule has 0 fully saturated rings. The third kappa shape index (κ3) is 2.70. The summed E-state index contributed by atoms with van der Waals surface area (Å²) in [6.07, 6.45) is 0. The van der Waals surface area contributed by atoms with Gasteiger partial charge in [0.15, 0.2) is 0 Å². The molecule has 1 heterocycles. The molecule has 76 valence electrons. The molecule has 5 heteroatoms. The highest BCUT2D eigenvalue weighted by atomic mass is 16.1. The van der Waals surface area contributed by atoms with E-state index in [1.54, 1.807) is 7.05 Å². The normalized spacial score (nSPS) is 10.1. The van der Waals surface area contributed by atoms with Gasteiger partial charge in [-0.3, -0.25) is 14.7 Å². The maximum atomic E-state index is 11.2. The van der Waals surface area contributed by atoms with Gasteiger partial charge in [-0.1, -0.05) is 6.58 Å². The Hall–Kier alpha value is -1.62. The van der Waals surface area contributed by atoms with Crippen molar-refractivity contribution in [1.29, 1.82) is 0 Å². The second-order valence-corrected chi connectivity index (χ2v) is 3.01. The van der Waals surface area contributed by atoms with Gasteiger partial charge < -0.3 is 5.32 Å². The molecule has 0 aliphatic rings. The fraction of sp³-hybridized carbons (Fsp3) is 0.333. The van der Waals surface area contributed by atoms with Crippen molar-refractivity contribution in [1.82, 2.24) is 15.1 Å². The first-order chi connectivity index (χ1) is 6.63. The van der Waals surface area contributed by atoms with E-state index in [2.05, 4.69) is 17.0 Å². The molecule has 2 N–H and O–H groups in total. The largest absolute Gasteiger partial charge is 0.316 e. The van der Waals surface area contributed by atoms with Crippen LogP contribution >= 0.6 is 0 Å². The topological polar surface area (TPSA) is 66.9 Å². The zero-order valence-corrected chi connectivity index (χ0v) is 8.04. The number of hydrogen-bond donors (Lipinski definition) is 2. The van der Waals surface area contributed by atoms with Gasteiger partial charge in [-0.15, -0.1) is 0 Å². The second-order valence-electron chi connectivity index (χ2n) is 3.01. The number of hydrogen-bond acceptors (Lipinski definition) is 3. The van der Waals surface area contributed by atoms with Gasteiger partial charge in [-0.25, -0.2) is 4.68 Å². The molecule has 0 aromatic carbocycles. The maximum Gasteiger partial charge on any atom is 0.265 e. The van der Waals surface area contributed by atoms with Crippen LogP contribution in [0.1, 0.15) is 0 Å². The molecule has 0 atom stereocenters. The predicted molar refractivity (Wildman–Crippen MR) is 54.4 cm³/mol. The van der Waals surface area contributed by atoms with Crippen molar-refractivity contribution in [3.05, 3.63) is 45.0 Å². The SMILES string of the molecule is C=C(CNC)Cn1[nH]c(=O)ccc1=O. The van der Waals surface area contributed by atoms with E-state index in [0.717, 1.165) is 5.57 Å². The van der Waals surface area contributed by atoms with Crippen LogP contribution in [0.4, 0.5) is 0 Å². The number of aromatic nitrogens is 2. The summed E-state index contributed by atoms with van der Waals surface area (Å²) in [6.45, 7) is 4.71. The minimum atomic E-state index is -0.290. The van der Waals surface area contributed by atoms with E-state index in [0.29, 0.717) is 13.1 Å². The summed E-state index contributed by atoms with van der Waals surface area (Å²) in [4.78, 5) is 22.2. The lowest BCUT2D eigenvalue weighted by Crippen LogP contribution is -2.29. The summed E-state index contributed by atoms with van der Waals surface area (Å²) in [5.74, 6) is 0. The lowest BCUT2D eigenvalue weighted by molar-refractivity contribution is 0.607. The standard InChI is InChI=1S/C9H13N3O2/c1-7(5-10-2)6-12-9(14)4-3-8(13)11-12/h3-4,10H,1,5-6H2,2H3,(H,11,13). The number of H-pyrrole nitrogens is 1. The molecule has 0 radical (unpaired) electrons. The van der Waals surface area contributed by atoms with E-state index >= 15 is 0 Å². The molecule has 0 saturated carbocycles. The van der Waals surface area contributed by atoms with Gasteiger partial charge in [0.25, 0.3) is 11.1 Å². The Morgan fingerprint density at radius 3 is 2.93 bits per heavy atom. The number of likely N-dealkylation sites (N-methyl/N-ethyl adjacent to an activating group) is 1. The van der Waals surface area contributed by atoms with Gasteiger partial charge in [0.05, 0.1) is 6.54 Å². The highest BCUT2D eigenvalue weighted by molar-refractivity contribution is 4.97. The number of aromatic amines is 1. The molecule has 0 amide bonds. The van der Waals surface area contributed by atoms with Gasteiger partial charge in [0.2, 0.25) is 0 Å². The van der Waals surface area contributed by atoms with E-state index in [4.69, 9.17) is 0 Å². The molecule has 0 aliphatic heterocycles. The zero-order chi connectivity index (χ0) is 10.6. The van der Waals surface area contributed by atoms with Crippen LogP contribution < -0.4 is 16.4 Å². The molecule has 14 heavy (non-hydrogen) atoms. The van der Waals surface area contributed by atoms with Gasteiger partial charge in [0, 0.05) is 18.7 Å². The fourth-order valence-corrected chi connectivity index (χ4v) is 1.11. The van der Waals surface area contributed by atoms with Gasteiger partial charge in [-0.2, -0.15) is 0 Å². The van der Waals surface area contributed by atoms with Crippen LogP contribution in [0.3, 0.4) is 0 Å². The van der Waals surface area contributed by atoms with Crippen molar-refractivity contribution in [2.24, 2.45) is 0 Å². The molecule has 5 nitrogen and oxygen atoms in total. The molecule has 0 saturated heterocycles. The van der Waals surface area contributed by atoms with Gasteiger partial charge >= 0.3 is 0 Å². The fourth-order valence-electron chi connectivity index (χ4n) is 1.11. The summed E-state index contributed by atoms with van der Waals surface area (Å²) < 4.78 is 1.24. The van der Waals surface area contributed by atoms with Crippen LogP contribution in [0.5, 0.6) is 0 Å². The van der Waals surface area contributed by atoms with E-state index in [-0.39, 0.29) is 11.1 Å². The summed E-state index contributed by atoms with van der Waals surface area (Å²) in [5, 5.41) is 5.34. The minimum Gasteiger partial charge on any atom is -0.316 e. The first-order valence-corrected chi connectivity index (χ1v) is 4.25. The molecule has 0 bridgehead atoms. The lowest BCUT2D eigenvalue weighted by atomic mass is 10.3. The van der Waals surface area contributed by atoms with Crippen molar-refractivity contribution < 1.29 is 0 Å². The average molecular weight is 195 g/mol. The smallest absolute Gasteiger partial charge is 0.265 e. The van der Waals surface area contributed by atoms with E-state index in [9.17, 15) is 9.59 Å². The third-order valence-corrected chi connectivity index (χ3v) is 1.70. The summed E-state index contributed by atoms with van der Waals surface area (Å²) >= 11 is 0. The van der Waals surface area contributed by atoms with Crippen LogP contribution in [0.2, 0.25) is 0 Å². The van der Waals surface area contributed by atoms with Gasteiger partial charge in [0.1, 0.15) is 0 Å². The summed E-state index contributed by atoms with van der Waals surface area (Å²) in [7, 11) is 1.79. The third-order valence-electron chi connectivity index (χ3n) is 1.70. The van der Waals surface area contributed by atoms with Crippen molar-refractivity contribution >= 4 is 0 Å². The van der Waals surface area contributed by atoms with Crippen molar-refractivity contribution in [2.75, 3.05) is 13.6 Å². The summed E-state index contributed by atoms with van der Waals surface area (Å²) in [6, 6.07) is 2.45. The van der Waals surface area contributed by atoms with Crippen LogP contribution in [0.15, 0.2) is 33.9 Å². The summed E-state index contributed by atoms with van der Waals surface area (Å²) in [5.41, 5.74) is 0.306. The molecular weight excluding hydrogens is 182 g/mol. The number of nitrogens with one attached hydrogen (secondary N) is 2. The van der Waals surface area contributed by atoms with Crippen LogP contribution in [-0.2, 0) is 6.54 Å². The molecule has 0 aliphatic carbocycles. The Balaban J connectivity index is 2.86. The lowest BCUT2D eigenvalue weighted by Gasteiger charge is -2.06. The molecular formula is C9H13N3O2. The Kier molecular flexibility index (Phi) is 3.41. The van der Waals surface area contributed by atoms with Crippen molar-refractivity contribution in [3.8, 4) is 0 Å². The average Bonchev–Trinajstić information content (AvgIpc) is 2.12. The molecule has 1 rings (SSSR count). The molecule has 1 aromatic heterocycles. The van der Waals surface area contributed by atoms with Crippen LogP contribution in [0, 0.1) is 0 Å². The quantitative estimate of drug-likeness (QED) is 0.625. The highest BCUT2D eigenvalue weighted by Gasteiger charge is 1.98. The predicted octanol–water partition coefficient (Wildman–Crippen LogP) is -0.688. The Morgan fingerprint density at radius 1 is 1.57 bits per heavy atom. The Bertz CT molecular complexity index is 430. The first-order valence-electron chi connectivity index (χ1n) is 4.25. The minimum absolute atomic E-state index is 0.234. The molecule has 1 aromatic rings. The van der Waals surface area contributed by atoms with Crippen LogP contribution in [-0.4, -0.2) is 23.4 Å². The van der Waals surface area contributed by atoms with Crippen LogP contribution in [0.25, 0.3) is 0 Å². The number of nitrogens with zero attached hydrogens (tertiary/aromatic N) is 1.